The first-order valence-electron chi connectivity index (χ1n) is 4.25. The summed E-state index contributed by atoms with van der Waals surface area (Å²) in [6, 6.07) is 0. The van der Waals surface area contributed by atoms with E-state index in [1.807, 2.05) is 0 Å². The van der Waals surface area contributed by atoms with Crippen molar-refractivity contribution in [2.75, 3.05) is 0 Å². The molecule has 0 N–H and O–H groups in total. The first-order valence-corrected chi connectivity index (χ1v) is 4.25. The minimum atomic E-state index is -0.967. The highest BCUT2D eigenvalue weighted by Crippen LogP contribution is 2.09. The van der Waals surface area contributed by atoms with Gasteiger partial charge in [-0.05, 0) is 0 Å². The van der Waals surface area contributed by atoms with Crippen molar-refractivity contribution in [1.29, 1.82) is 0 Å². The van der Waals surface area contributed by atoms with Gasteiger partial charge in [-0.15, -0.1) is 0 Å². The van der Waals surface area contributed by atoms with E-state index in [0.29, 0.717) is 6.29 Å². The lowest BCUT2D eigenvalue weighted by Gasteiger charge is -2.17. The molecule has 0 aromatic carbocycles. The van der Waals surface area contributed by atoms with Crippen LogP contribution in [0.3, 0.4) is 0 Å². The third-order valence-corrected chi connectivity index (χ3v) is 1.39. The van der Waals surface area contributed by atoms with Gasteiger partial charge in [0.15, 0.2) is 0 Å². The highest BCUT2D eigenvalue weighted by atomic mass is 16.7. The normalized spacial score (nSPS) is 12.0. The molecule has 0 heterocycles. The molecule has 0 aliphatic rings. The first-order chi connectivity index (χ1) is 6.45. The summed E-state index contributed by atoms with van der Waals surface area (Å²) in [6.07, 6.45) is -0.0759. The lowest BCUT2D eigenvalue weighted by molar-refractivity contribution is -0.187. The van der Waals surface area contributed by atoms with Gasteiger partial charge in [0.25, 0.3) is 0 Å². The van der Waals surface area contributed by atoms with Gasteiger partial charge in [-0.1, -0.05) is 6.92 Å². The molecule has 0 bridgehead atoms. The largest absolute Gasteiger partial charge is 0.425 e. The van der Waals surface area contributed by atoms with Crippen LogP contribution in [0.4, 0.5) is 0 Å². The maximum atomic E-state index is 10.6. The van der Waals surface area contributed by atoms with Gasteiger partial charge in [0.2, 0.25) is 6.29 Å². The third-order valence-electron chi connectivity index (χ3n) is 1.39. The van der Waals surface area contributed by atoms with Crippen LogP contribution in [-0.4, -0.2) is 24.5 Å². The quantitative estimate of drug-likeness (QED) is 0.372. The summed E-state index contributed by atoms with van der Waals surface area (Å²) in [4.78, 5) is 31.5. The molecule has 0 aliphatic carbocycles. The van der Waals surface area contributed by atoms with Crippen LogP contribution >= 0.6 is 0 Å². The van der Waals surface area contributed by atoms with E-state index in [0.717, 1.165) is 0 Å². The van der Waals surface area contributed by atoms with Crippen LogP contribution in [0.2, 0.25) is 0 Å². The zero-order valence-corrected chi connectivity index (χ0v) is 8.48. The molecular weight excluding hydrogens is 188 g/mol. The lowest BCUT2D eigenvalue weighted by atomic mass is 10.1. The summed E-state index contributed by atoms with van der Waals surface area (Å²) < 4.78 is 9.39. The smallest absolute Gasteiger partial charge is 0.305 e. The Kier molecular flexibility index (Phi) is 5.52. The standard InChI is InChI=1S/C9H14O5/c1-6(5-10)4-9(13-7(2)11)14-8(3)12/h5-6,9H,4H2,1-3H3. The molecular formula is C9H14O5. The maximum absolute atomic E-state index is 10.6. The molecule has 0 aliphatic heterocycles. The van der Waals surface area contributed by atoms with E-state index in [2.05, 4.69) is 0 Å². The molecule has 0 fully saturated rings. The van der Waals surface area contributed by atoms with Gasteiger partial charge in [0.1, 0.15) is 6.29 Å². The first kappa shape index (κ1) is 12.6. The van der Waals surface area contributed by atoms with Crippen molar-refractivity contribution in [3.8, 4) is 0 Å². The minimum absolute atomic E-state index is 0.183. The van der Waals surface area contributed by atoms with Gasteiger partial charge in [0, 0.05) is 26.2 Å². The summed E-state index contributed by atoms with van der Waals surface area (Å²) >= 11 is 0. The Bertz CT molecular complexity index is 207. The van der Waals surface area contributed by atoms with Gasteiger partial charge in [-0.3, -0.25) is 9.59 Å². The van der Waals surface area contributed by atoms with E-state index in [4.69, 9.17) is 9.47 Å². The molecule has 14 heavy (non-hydrogen) atoms. The Morgan fingerprint density at radius 2 is 1.64 bits per heavy atom. The number of hydrogen-bond acceptors (Lipinski definition) is 5. The Hall–Kier alpha value is -1.39. The molecule has 0 aromatic rings. The van der Waals surface area contributed by atoms with Crippen molar-refractivity contribution in [2.24, 2.45) is 5.92 Å². The summed E-state index contributed by atoms with van der Waals surface area (Å²) in [5.41, 5.74) is 0. The number of carbonyl (C=O) groups excluding carboxylic acids is 3. The number of carbonyl (C=O) groups is 3. The van der Waals surface area contributed by atoms with Gasteiger partial charge in [-0.2, -0.15) is 0 Å². The number of ether oxygens (including phenoxy) is 2. The second-order valence-electron chi connectivity index (χ2n) is 3.00. The van der Waals surface area contributed by atoms with Crippen LogP contribution in [0, 0.1) is 5.92 Å². The molecule has 5 nitrogen and oxygen atoms in total. The molecule has 0 radical (unpaired) electrons. The fraction of sp³-hybridized carbons (Fsp3) is 0.667. The SMILES string of the molecule is CC(=O)OC(CC(C)C=O)OC(C)=O. The fourth-order valence-electron chi connectivity index (χ4n) is 0.850. The zero-order chi connectivity index (χ0) is 11.1. The predicted molar refractivity (Wildman–Crippen MR) is 47.2 cm³/mol. The molecule has 1 atom stereocenters. The predicted octanol–water partition coefficient (Wildman–Crippen LogP) is 0.664. The molecule has 0 saturated carbocycles. The van der Waals surface area contributed by atoms with E-state index in [-0.39, 0.29) is 12.3 Å². The topological polar surface area (TPSA) is 69.7 Å². The summed E-state index contributed by atoms with van der Waals surface area (Å²) in [6.45, 7) is 4.07. The van der Waals surface area contributed by atoms with Crippen LogP contribution in [0.5, 0.6) is 0 Å². The molecule has 80 valence electrons. The maximum Gasteiger partial charge on any atom is 0.305 e. The number of hydrogen-bond donors (Lipinski definition) is 0. The fourth-order valence-corrected chi connectivity index (χ4v) is 0.850. The van der Waals surface area contributed by atoms with Crippen LogP contribution in [-0.2, 0) is 23.9 Å². The van der Waals surface area contributed by atoms with Crippen LogP contribution < -0.4 is 0 Å². The highest BCUT2D eigenvalue weighted by Gasteiger charge is 2.18. The third kappa shape index (κ3) is 6.16. The molecule has 0 rings (SSSR count). The van der Waals surface area contributed by atoms with Crippen molar-refractivity contribution >= 4 is 18.2 Å². The van der Waals surface area contributed by atoms with E-state index in [1.54, 1.807) is 6.92 Å². The van der Waals surface area contributed by atoms with Crippen molar-refractivity contribution in [3.63, 3.8) is 0 Å². The van der Waals surface area contributed by atoms with E-state index < -0.39 is 18.2 Å². The van der Waals surface area contributed by atoms with Gasteiger partial charge in [0.05, 0.1) is 0 Å². The minimum Gasteiger partial charge on any atom is -0.425 e. The molecule has 0 aromatic heterocycles. The number of aldehydes is 1. The van der Waals surface area contributed by atoms with Crippen LogP contribution in [0.25, 0.3) is 0 Å². The Balaban J connectivity index is 4.16. The summed E-state index contributed by atoms with van der Waals surface area (Å²) in [7, 11) is 0. The molecule has 0 saturated heterocycles. The summed E-state index contributed by atoms with van der Waals surface area (Å²) in [5.74, 6) is -1.41. The van der Waals surface area contributed by atoms with E-state index >= 15 is 0 Å². The average Bonchev–Trinajstić information content (AvgIpc) is 2.01. The van der Waals surface area contributed by atoms with E-state index in [9.17, 15) is 14.4 Å². The van der Waals surface area contributed by atoms with Gasteiger partial charge < -0.3 is 14.3 Å². The monoisotopic (exact) mass is 202 g/mol. The molecule has 1 unspecified atom stereocenters. The molecule has 0 spiro atoms. The Labute approximate surface area is 82.4 Å². The number of rotatable bonds is 5. The van der Waals surface area contributed by atoms with Gasteiger partial charge in [-0.25, -0.2) is 0 Å². The van der Waals surface area contributed by atoms with Crippen molar-refractivity contribution in [1.82, 2.24) is 0 Å². The highest BCUT2D eigenvalue weighted by molar-refractivity contribution is 5.68. The van der Waals surface area contributed by atoms with Crippen molar-refractivity contribution < 1.29 is 23.9 Å². The zero-order valence-electron chi connectivity index (χ0n) is 8.48. The lowest BCUT2D eigenvalue weighted by Crippen LogP contribution is -2.25. The number of esters is 2. The molecule has 0 amide bonds. The van der Waals surface area contributed by atoms with Crippen LogP contribution in [0.15, 0.2) is 0 Å². The Morgan fingerprint density at radius 1 is 1.21 bits per heavy atom. The summed E-state index contributed by atoms with van der Waals surface area (Å²) in [5, 5.41) is 0. The second kappa shape index (κ2) is 6.12. The van der Waals surface area contributed by atoms with Gasteiger partial charge >= 0.3 is 11.9 Å². The van der Waals surface area contributed by atoms with Crippen molar-refractivity contribution in [3.05, 3.63) is 0 Å². The van der Waals surface area contributed by atoms with Crippen molar-refractivity contribution in [2.45, 2.75) is 33.5 Å². The van der Waals surface area contributed by atoms with E-state index in [1.165, 1.54) is 13.8 Å². The molecule has 5 heteroatoms. The Morgan fingerprint density at radius 3 is 1.93 bits per heavy atom. The second-order valence-corrected chi connectivity index (χ2v) is 3.00. The average molecular weight is 202 g/mol. The van der Waals surface area contributed by atoms with Crippen LogP contribution in [0.1, 0.15) is 27.2 Å².